The van der Waals surface area contributed by atoms with Crippen molar-refractivity contribution in [2.75, 3.05) is 0 Å². The Kier molecular flexibility index (Phi) is 2.51. The average Bonchev–Trinajstić information content (AvgIpc) is 2.53. The van der Waals surface area contributed by atoms with Gasteiger partial charge in [-0.3, -0.25) is 9.55 Å². The topological polar surface area (TPSA) is 65.6 Å². The molecule has 0 aliphatic heterocycles. The minimum Gasteiger partial charge on any atom is -0.285 e. The summed E-state index contributed by atoms with van der Waals surface area (Å²) in [5, 5.41) is 4.23. The van der Waals surface area contributed by atoms with E-state index in [0.717, 1.165) is 0 Å². The average molecular weight is 226 g/mol. The molecular formula is C8H8ClN5O. The molecule has 0 fully saturated rings. The van der Waals surface area contributed by atoms with Gasteiger partial charge in [-0.05, 0) is 0 Å². The third-order valence-electron chi connectivity index (χ3n) is 1.87. The second kappa shape index (κ2) is 3.82. The van der Waals surface area contributed by atoms with Crippen molar-refractivity contribution in [1.82, 2.24) is 24.3 Å². The predicted octanol–water partition coefficient (Wildman–Crippen LogP) is 0.0735. The number of aryl methyl sites for hydroxylation is 1. The van der Waals surface area contributed by atoms with Crippen LogP contribution in [-0.2, 0) is 13.6 Å². The van der Waals surface area contributed by atoms with Gasteiger partial charge in [0, 0.05) is 7.05 Å². The second-order valence-electron chi connectivity index (χ2n) is 3.01. The standard InChI is InChI=1S/C8H8ClN5O/c1-13-5-12-14(8(13)15)4-6-2-11-7(9)3-10-6/h2-3,5H,4H2,1H3. The summed E-state index contributed by atoms with van der Waals surface area (Å²) in [5.74, 6) is 0. The smallest absolute Gasteiger partial charge is 0.285 e. The SMILES string of the molecule is Cn1cnn(Cc2cnc(Cl)cn2)c1=O. The van der Waals surface area contributed by atoms with Gasteiger partial charge in [-0.2, -0.15) is 5.10 Å². The number of nitrogens with zero attached hydrogens (tertiary/aromatic N) is 5. The molecule has 0 saturated carbocycles. The first-order valence-electron chi connectivity index (χ1n) is 4.21. The number of hydrogen-bond acceptors (Lipinski definition) is 4. The molecule has 0 spiro atoms. The molecule has 7 heteroatoms. The van der Waals surface area contributed by atoms with E-state index in [4.69, 9.17) is 11.6 Å². The third-order valence-corrected chi connectivity index (χ3v) is 2.07. The first-order chi connectivity index (χ1) is 7.16. The van der Waals surface area contributed by atoms with Gasteiger partial charge < -0.3 is 0 Å². The van der Waals surface area contributed by atoms with E-state index in [0.29, 0.717) is 17.4 Å². The molecule has 6 nitrogen and oxygen atoms in total. The molecule has 2 rings (SSSR count). The summed E-state index contributed by atoms with van der Waals surface area (Å²) in [6.45, 7) is 0.295. The first-order valence-corrected chi connectivity index (χ1v) is 4.59. The van der Waals surface area contributed by atoms with Crippen LogP contribution in [0.1, 0.15) is 5.69 Å². The van der Waals surface area contributed by atoms with E-state index in [1.807, 2.05) is 0 Å². The molecule has 0 bridgehead atoms. The Morgan fingerprint density at radius 3 is 2.73 bits per heavy atom. The van der Waals surface area contributed by atoms with Crippen molar-refractivity contribution in [3.05, 3.63) is 40.1 Å². The van der Waals surface area contributed by atoms with E-state index < -0.39 is 0 Å². The fourth-order valence-electron chi connectivity index (χ4n) is 1.10. The van der Waals surface area contributed by atoms with Crippen LogP contribution in [-0.4, -0.2) is 24.3 Å². The Bertz CT molecular complexity index is 515. The lowest BCUT2D eigenvalue weighted by atomic mass is 10.4. The van der Waals surface area contributed by atoms with Crippen LogP contribution in [0.25, 0.3) is 0 Å². The van der Waals surface area contributed by atoms with Gasteiger partial charge in [-0.1, -0.05) is 11.6 Å². The van der Waals surface area contributed by atoms with Crippen molar-refractivity contribution in [2.24, 2.45) is 7.05 Å². The third kappa shape index (κ3) is 2.04. The molecule has 0 radical (unpaired) electrons. The molecule has 0 aliphatic carbocycles. The lowest BCUT2D eigenvalue weighted by Crippen LogP contribution is -2.23. The number of hydrogen-bond donors (Lipinski definition) is 0. The normalized spacial score (nSPS) is 10.5. The molecule has 2 heterocycles. The molecule has 0 aliphatic rings. The lowest BCUT2D eigenvalue weighted by molar-refractivity contribution is 0.633. The molecule has 15 heavy (non-hydrogen) atoms. The molecule has 2 aromatic rings. The van der Waals surface area contributed by atoms with E-state index in [-0.39, 0.29) is 5.69 Å². The molecule has 0 saturated heterocycles. The summed E-state index contributed by atoms with van der Waals surface area (Å²) in [6, 6.07) is 0. The minimum absolute atomic E-state index is 0.188. The fourth-order valence-corrected chi connectivity index (χ4v) is 1.20. The van der Waals surface area contributed by atoms with E-state index in [2.05, 4.69) is 15.1 Å². The molecular weight excluding hydrogens is 218 g/mol. The van der Waals surface area contributed by atoms with Crippen LogP contribution in [0.4, 0.5) is 0 Å². The van der Waals surface area contributed by atoms with Gasteiger partial charge >= 0.3 is 5.69 Å². The molecule has 0 aromatic carbocycles. The Hall–Kier alpha value is -1.69. The highest BCUT2D eigenvalue weighted by Gasteiger charge is 2.03. The van der Waals surface area contributed by atoms with Gasteiger partial charge in [0.05, 0.1) is 24.6 Å². The van der Waals surface area contributed by atoms with Gasteiger partial charge in [0.25, 0.3) is 0 Å². The van der Waals surface area contributed by atoms with Crippen molar-refractivity contribution >= 4 is 11.6 Å². The van der Waals surface area contributed by atoms with Gasteiger partial charge in [-0.15, -0.1) is 0 Å². The summed E-state index contributed by atoms with van der Waals surface area (Å²) in [5.41, 5.74) is 0.451. The Balaban J connectivity index is 2.26. The van der Waals surface area contributed by atoms with Crippen LogP contribution in [0.15, 0.2) is 23.5 Å². The largest absolute Gasteiger partial charge is 0.345 e. The Morgan fingerprint density at radius 2 is 2.20 bits per heavy atom. The molecule has 0 atom stereocenters. The monoisotopic (exact) mass is 225 g/mol. The molecule has 2 aromatic heterocycles. The van der Waals surface area contributed by atoms with Gasteiger partial charge in [-0.25, -0.2) is 14.5 Å². The zero-order chi connectivity index (χ0) is 10.8. The van der Waals surface area contributed by atoms with Gasteiger partial charge in [0.1, 0.15) is 11.5 Å². The quantitative estimate of drug-likeness (QED) is 0.726. The number of halogens is 1. The number of rotatable bonds is 2. The summed E-state index contributed by atoms with van der Waals surface area (Å²) >= 11 is 5.59. The summed E-state index contributed by atoms with van der Waals surface area (Å²) < 4.78 is 2.70. The molecule has 0 unspecified atom stereocenters. The Morgan fingerprint density at radius 1 is 1.40 bits per heavy atom. The molecule has 78 valence electrons. The maximum absolute atomic E-state index is 11.4. The predicted molar refractivity (Wildman–Crippen MR) is 53.6 cm³/mol. The summed E-state index contributed by atoms with van der Waals surface area (Å²) in [6.07, 6.45) is 4.40. The van der Waals surface area contributed by atoms with E-state index in [1.54, 1.807) is 7.05 Å². The van der Waals surface area contributed by atoms with E-state index >= 15 is 0 Å². The van der Waals surface area contributed by atoms with Crippen LogP contribution in [0.2, 0.25) is 5.15 Å². The summed E-state index contributed by atoms with van der Waals surface area (Å²) in [7, 11) is 1.64. The maximum atomic E-state index is 11.4. The molecule has 0 amide bonds. The maximum Gasteiger partial charge on any atom is 0.345 e. The van der Waals surface area contributed by atoms with Crippen LogP contribution in [0.3, 0.4) is 0 Å². The van der Waals surface area contributed by atoms with Crippen LogP contribution >= 0.6 is 11.6 Å². The van der Waals surface area contributed by atoms with Crippen LogP contribution in [0.5, 0.6) is 0 Å². The first kappa shape index (κ1) is 9.85. The van der Waals surface area contributed by atoms with Crippen molar-refractivity contribution in [1.29, 1.82) is 0 Å². The number of aromatic nitrogens is 5. The van der Waals surface area contributed by atoms with Gasteiger partial charge in [0.15, 0.2) is 0 Å². The highest BCUT2D eigenvalue weighted by Crippen LogP contribution is 2.01. The van der Waals surface area contributed by atoms with Crippen molar-refractivity contribution < 1.29 is 0 Å². The Labute approximate surface area is 90.2 Å². The van der Waals surface area contributed by atoms with Crippen molar-refractivity contribution in [2.45, 2.75) is 6.54 Å². The van der Waals surface area contributed by atoms with E-state index in [1.165, 1.54) is 28.0 Å². The van der Waals surface area contributed by atoms with Crippen molar-refractivity contribution in [3.8, 4) is 0 Å². The van der Waals surface area contributed by atoms with E-state index in [9.17, 15) is 4.79 Å². The van der Waals surface area contributed by atoms with Crippen LogP contribution < -0.4 is 5.69 Å². The fraction of sp³-hybridized carbons (Fsp3) is 0.250. The van der Waals surface area contributed by atoms with Crippen molar-refractivity contribution in [3.63, 3.8) is 0 Å². The highest BCUT2D eigenvalue weighted by atomic mass is 35.5. The zero-order valence-electron chi connectivity index (χ0n) is 7.96. The van der Waals surface area contributed by atoms with Gasteiger partial charge in [0.2, 0.25) is 0 Å². The zero-order valence-corrected chi connectivity index (χ0v) is 8.72. The second-order valence-corrected chi connectivity index (χ2v) is 3.40. The summed E-state index contributed by atoms with van der Waals surface area (Å²) in [4.78, 5) is 19.3. The minimum atomic E-state index is -0.188. The lowest BCUT2D eigenvalue weighted by Gasteiger charge is -1.98. The molecule has 0 N–H and O–H groups in total. The van der Waals surface area contributed by atoms with Crippen LogP contribution in [0, 0.1) is 0 Å². The highest BCUT2D eigenvalue weighted by molar-refractivity contribution is 6.29.